The fourth-order valence-corrected chi connectivity index (χ4v) is 3.91. The molecule has 0 radical (unpaired) electrons. The van der Waals surface area contributed by atoms with Crippen LogP contribution in [-0.2, 0) is 11.2 Å². The van der Waals surface area contributed by atoms with Crippen LogP contribution in [-0.4, -0.2) is 39.8 Å². The highest BCUT2D eigenvalue weighted by Gasteiger charge is 2.33. The Hall–Kier alpha value is -2.01. The van der Waals surface area contributed by atoms with Crippen LogP contribution < -0.4 is 10.6 Å². The van der Waals surface area contributed by atoms with Crippen LogP contribution in [0.2, 0.25) is 0 Å². The van der Waals surface area contributed by atoms with E-state index in [2.05, 4.69) is 27.8 Å². The molecule has 5 nitrogen and oxygen atoms in total. The lowest BCUT2D eigenvalue weighted by molar-refractivity contribution is 0.138. The first-order valence-electron chi connectivity index (χ1n) is 9.66. The van der Waals surface area contributed by atoms with Gasteiger partial charge in [0, 0.05) is 45.7 Å². The molecule has 142 valence electrons. The zero-order valence-corrected chi connectivity index (χ0v) is 16.0. The van der Waals surface area contributed by atoms with Crippen molar-refractivity contribution in [2.75, 3.05) is 33.9 Å². The molecule has 2 N–H and O–H groups in total. The summed E-state index contributed by atoms with van der Waals surface area (Å²) < 4.78 is 11.2. The molecule has 0 saturated heterocycles. The second-order valence-electron chi connectivity index (χ2n) is 7.30. The van der Waals surface area contributed by atoms with Gasteiger partial charge in [0.1, 0.15) is 11.3 Å². The summed E-state index contributed by atoms with van der Waals surface area (Å²) >= 11 is 0. The second kappa shape index (κ2) is 9.08. The van der Waals surface area contributed by atoms with E-state index in [9.17, 15) is 0 Å². The number of fused-ring (bicyclic) bond motifs is 1. The highest BCUT2D eigenvalue weighted by molar-refractivity contribution is 5.80. The molecule has 0 spiro atoms. The van der Waals surface area contributed by atoms with Gasteiger partial charge in [0.25, 0.3) is 0 Å². The van der Waals surface area contributed by atoms with Gasteiger partial charge in [-0.15, -0.1) is 0 Å². The Labute approximate surface area is 156 Å². The van der Waals surface area contributed by atoms with E-state index in [1.165, 1.54) is 25.7 Å². The van der Waals surface area contributed by atoms with Crippen LogP contribution in [0, 0.1) is 5.41 Å². The average Bonchev–Trinajstić information content (AvgIpc) is 3.30. The molecule has 3 rings (SSSR count). The van der Waals surface area contributed by atoms with E-state index in [0.717, 1.165) is 55.2 Å². The Bertz CT molecular complexity index is 684. The Morgan fingerprint density at radius 2 is 2.04 bits per heavy atom. The molecule has 1 aliphatic carbocycles. The third-order valence-corrected chi connectivity index (χ3v) is 5.50. The first-order valence-corrected chi connectivity index (χ1v) is 9.66. The molecule has 1 aromatic carbocycles. The summed E-state index contributed by atoms with van der Waals surface area (Å²) in [6, 6.07) is 10.2. The number of para-hydroxylation sites is 1. The van der Waals surface area contributed by atoms with Gasteiger partial charge in [0.15, 0.2) is 5.96 Å². The highest BCUT2D eigenvalue weighted by Crippen LogP contribution is 2.40. The number of nitrogens with zero attached hydrogens (tertiary/aromatic N) is 1. The minimum absolute atomic E-state index is 0.354. The molecule has 26 heavy (non-hydrogen) atoms. The normalized spacial score (nSPS) is 16.9. The lowest BCUT2D eigenvalue weighted by Gasteiger charge is -2.29. The second-order valence-corrected chi connectivity index (χ2v) is 7.30. The van der Waals surface area contributed by atoms with Crippen molar-refractivity contribution in [1.29, 1.82) is 0 Å². The fraction of sp³-hybridized carbons (Fsp3) is 0.571. The largest absolute Gasteiger partial charge is 0.461 e. The summed E-state index contributed by atoms with van der Waals surface area (Å²) in [5, 5.41) is 8.09. The summed E-state index contributed by atoms with van der Waals surface area (Å²) in [6.07, 6.45) is 7.16. The third kappa shape index (κ3) is 4.79. The molecule has 0 unspecified atom stereocenters. The summed E-state index contributed by atoms with van der Waals surface area (Å²) in [5.74, 6) is 1.87. The van der Waals surface area contributed by atoms with Gasteiger partial charge in [-0.05, 0) is 36.8 Å². The average molecular weight is 357 g/mol. The molecular weight excluding hydrogens is 326 g/mol. The molecule has 0 bridgehead atoms. The maximum absolute atomic E-state index is 5.87. The summed E-state index contributed by atoms with van der Waals surface area (Å²) in [5.41, 5.74) is 1.30. The van der Waals surface area contributed by atoms with E-state index in [1.54, 1.807) is 7.11 Å². The molecule has 2 aromatic rings. The number of rotatable bonds is 8. The molecular formula is C21H31N3O2. The molecule has 5 heteroatoms. The minimum atomic E-state index is 0.354. The van der Waals surface area contributed by atoms with Crippen LogP contribution in [0.15, 0.2) is 39.7 Å². The number of hydrogen-bond acceptors (Lipinski definition) is 3. The van der Waals surface area contributed by atoms with Crippen LogP contribution >= 0.6 is 0 Å². The van der Waals surface area contributed by atoms with E-state index in [4.69, 9.17) is 9.15 Å². The van der Waals surface area contributed by atoms with Gasteiger partial charge in [-0.3, -0.25) is 4.99 Å². The Morgan fingerprint density at radius 3 is 2.77 bits per heavy atom. The van der Waals surface area contributed by atoms with Crippen LogP contribution in [0.25, 0.3) is 11.0 Å². The molecule has 1 saturated carbocycles. The van der Waals surface area contributed by atoms with Gasteiger partial charge in [-0.1, -0.05) is 31.0 Å². The summed E-state index contributed by atoms with van der Waals surface area (Å²) in [4.78, 5) is 4.37. The molecule has 1 aromatic heterocycles. The standard InChI is InChI=1S/C21H31N3O2/c1-22-20(24-16-21(12-14-25-2)10-5-6-11-21)23-13-9-18-15-17-7-3-4-8-19(17)26-18/h3-4,7-8,15H,5-6,9-14,16H2,1-2H3,(H2,22,23,24). The van der Waals surface area contributed by atoms with Crippen LogP contribution in [0.1, 0.15) is 37.9 Å². The van der Waals surface area contributed by atoms with Crippen molar-refractivity contribution in [3.8, 4) is 0 Å². The van der Waals surface area contributed by atoms with Gasteiger partial charge in [-0.2, -0.15) is 0 Å². The molecule has 0 amide bonds. The van der Waals surface area contributed by atoms with Crippen molar-refractivity contribution >= 4 is 16.9 Å². The van der Waals surface area contributed by atoms with Crippen molar-refractivity contribution in [1.82, 2.24) is 10.6 Å². The summed E-state index contributed by atoms with van der Waals surface area (Å²) in [7, 11) is 3.61. The number of nitrogens with one attached hydrogen (secondary N) is 2. The van der Waals surface area contributed by atoms with Gasteiger partial charge >= 0.3 is 0 Å². The van der Waals surface area contributed by atoms with E-state index in [0.29, 0.717) is 5.41 Å². The number of hydrogen-bond donors (Lipinski definition) is 2. The lowest BCUT2D eigenvalue weighted by Crippen LogP contribution is -2.43. The molecule has 0 atom stereocenters. The van der Waals surface area contributed by atoms with Gasteiger partial charge < -0.3 is 19.8 Å². The van der Waals surface area contributed by atoms with Crippen LogP contribution in [0.3, 0.4) is 0 Å². The van der Waals surface area contributed by atoms with Gasteiger partial charge in [0.05, 0.1) is 0 Å². The molecule has 1 fully saturated rings. The van der Waals surface area contributed by atoms with Crippen LogP contribution in [0.5, 0.6) is 0 Å². The number of methoxy groups -OCH3 is 1. The molecule has 0 aliphatic heterocycles. The monoisotopic (exact) mass is 357 g/mol. The Kier molecular flexibility index (Phi) is 6.56. The van der Waals surface area contributed by atoms with E-state index in [-0.39, 0.29) is 0 Å². The number of furan rings is 1. The van der Waals surface area contributed by atoms with E-state index in [1.807, 2.05) is 25.2 Å². The fourth-order valence-electron chi connectivity index (χ4n) is 3.91. The number of ether oxygens (including phenoxy) is 1. The zero-order chi connectivity index (χ0) is 18.2. The lowest BCUT2D eigenvalue weighted by atomic mass is 9.83. The quantitative estimate of drug-likeness (QED) is 0.558. The SMILES string of the molecule is CN=C(NCCc1cc2ccccc2o1)NCC1(CCOC)CCCC1. The topological polar surface area (TPSA) is 58.8 Å². The van der Waals surface area contributed by atoms with Crippen molar-refractivity contribution in [3.63, 3.8) is 0 Å². The predicted octanol–water partition coefficient (Wildman–Crippen LogP) is 3.74. The first kappa shape index (κ1) is 18.8. The van der Waals surface area contributed by atoms with Crippen molar-refractivity contribution < 1.29 is 9.15 Å². The highest BCUT2D eigenvalue weighted by atomic mass is 16.5. The number of guanidine groups is 1. The third-order valence-electron chi connectivity index (χ3n) is 5.50. The van der Waals surface area contributed by atoms with Gasteiger partial charge in [-0.25, -0.2) is 0 Å². The summed E-state index contributed by atoms with van der Waals surface area (Å²) in [6.45, 7) is 2.59. The Morgan fingerprint density at radius 1 is 1.23 bits per heavy atom. The first-order chi connectivity index (χ1) is 12.7. The minimum Gasteiger partial charge on any atom is -0.461 e. The van der Waals surface area contributed by atoms with Crippen molar-refractivity contribution in [2.24, 2.45) is 10.4 Å². The Balaban J connectivity index is 1.47. The predicted molar refractivity (Wildman–Crippen MR) is 107 cm³/mol. The zero-order valence-electron chi connectivity index (χ0n) is 16.0. The smallest absolute Gasteiger partial charge is 0.191 e. The molecule has 1 heterocycles. The van der Waals surface area contributed by atoms with Crippen molar-refractivity contribution in [3.05, 3.63) is 36.1 Å². The van der Waals surface area contributed by atoms with Crippen LogP contribution in [0.4, 0.5) is 0 Å². The van der Waals surface area contributed by atoms with Gasteiger partial charge in [0.2, 0.25) is 0 Å². The number of benzene rings is 1. The maximum Gasteiger partial charge on any atom is 0.191 e. The molecule has 1 aliphatic rings. The maximum atomic E-state index is 5.87. The number of aliphatic imine (C=N–C) groups is 1. The van der Waals surface area contributed by atoms with E-state index < -0.39 is 0 Å². The van der Waals surface area contributed by atoms with Crippen molar-refractivity contribution in [2.45, 2.75) is 38.5 Å². The van der Waals surface area contributed by atoms with E-state index >= 15 is 0 Å².